The molecule has 1 aliphatic rings. The Labute approximate surface area is 207 Å². The van der Waals surface area contributed by atoms with Gasteiger partial charge < -0.3 is 20.1 Å². The Bertz CT molecular complexity index is 1090. The fourth-order valence-corrected chi connectivity index (χ4v) is 4.69. The number of guanidine groups is 1. The SMILES string of the molecule is CCOc1cc2c(cc1CNC(=NC)NCc1ccc(S(C)(=O)=O)c(C)c1)OC(C)C2.I. The Morgan fingerprint density at radius 2 is 1.94 bits per heavy atom. The predicted octanol–water partition coefficient (Wildman–Crippen LogP) is 3.60. The molecule has 176 valence electrons. The number of sulfone groups is 1. The van der Waals surface area contributed by atoms with E-state index >= 15 is 0 Å². The maximum Gasteiger partial charge on any atom is 0.191 e. The summed E-state index contributed by atoms with van der Waals surface area (Å²) in [5.74, 6) is 2.41. The lowest BCUT2D eigenvalue weighted by Gasteiger charge is -2.16. The molecule has 1 aliphatic heterocycles. The quantitative estimate of drug-likeness (QED) is 0.299. The number of hydrogen-bond donors (Lipinski definition) is 2. The fourth-order valence-electron chi connectivity index (χ4n) is 3.73. The number of benzene rings is 2. The van der Waals surface area contributed by atoms with E-state index in [1.807, 2.05) is 25.1 Å². The Morgan fingerprint density at radius 1 is 1.22 bits per heavy atom. The number of aliphatic imine (C=N–C) groups is 1. The topological polar surface area (TPSA) is 89.0 Å². The van der Waals surface area contributed by atoms with Crippen LogP contribution in [-0.4, -0.2) is 40.4 Å². The van der Waals surface area contributed by atoms with E-state index < -0.39 is 9.84 Å². The first-order valence-electron chi connectivity index (χ1n) is 10.4. The minimum atomic E-state index is -3.22. The van der Waals surface area contributed by atoms with Gasteiger partial charge in [0.15, 0.2) is 15.8 Å². The van der Waals surface area contributed by atoms with E-state index in [1.165, 1.54) is 11.8 Å². The molecular formula is C23H32IN3O4S. The molecule has 1 unspecified atom stereocenters. The van der Waals surface area contributed by atoms with Crippen LogP contribution in [0.2, 0.25) is 0 Å². The maximum atomic E-state index is 11.8. The number of aryl methyl sites for hydroxylation is 1. The highest BCUT2D eigenvalue weighted by Crippen LogP contribution is 2.35. The zero-order valence-electron chi connectivity index (χ0n) is 19.2. The molecule has 7 nitrogen and oxygen atoms in total. The van der Waals surface area contributed by atoms with Crippen LogP contribution in [0.1, 0.15) is 36.1 Å². The molecule has 1 atom stereocenters. The molecule has 0 amide bonds. The normalized spacial score (nSPS) is 15.4. The second-order valence-corrected chi connectivity index (χ2v) is 9.77. The molecule has 0 spiro atoms. The zero-order valence-corrected chi connectivity index (χ0v) is 22.3. The summed E-state index contributed by atoms with van der Waals surface area (Å²) in [5.41, 5.74) is 3.89. The van der Waals surface area contributed by atoms with E-state index in [0.29, 0.717) is 30.6 Å². The molecule has 0 fully saturated rings. The van der Waals surface area contributed by atoms with Gasteiger partial charge in [0.05, 0.1) is 11.5 Å². The van der Waals surface area contributed by atoms with Gasteiger partial charge in [-0.05, 0) is 50.1 Å². The lowest BCUT2D eigenvalue weighted by Crippen LogP contribution is -2.36. The highest BCUT2D eigenvalue weighted by atomic mass is 127. The van der Waals surface area contributed by atoms with Crippen LogP contribution in [0.3, 0.4) is 0 Å². The molecule has 2 aromatic rings. The monoisotopic (exact) mass is 573 g/mol. The molecule has 3 rings (SSSR count). The summed E-state index contributed by atoms with van der Waals surface area (Å²) in [6, 6.07) is 9.45. The summed E-state index contributed by atoms with van der Waals surface area (Å²) in [4.78, 5) is 4.64. The Balaban J connectivity index is 0.00000363. The van der Waals surface area contributed by atoms with Gasteiger partial charge in [-0.1, -0.05) is 12.1 Å². The van der Waals surface area contributed by atoms with Crippen molar-refractivity contribution in [3.05, 3.63) is 52.6 Å². The van der Waals surface area contributed by atoms with Gasteiger partial charge in [0.2, 0.25) is 0 Å². The lowest BCUT2D eigenvalue weighted by atomic mass is 10.1. The lowest BCUT2D eigenvalue weighted by molar-refractivity contribution is 0.254. The van der Waals surface area contributed by atoms with Crippen molar-refractivity contribution >= 4 is 39.8 Å². The summed E-state index contributed by atoms with van der Waals surface area (Å²) in [7, 11) is -1.51. The molecule has 2 N–H and O–H groups in total. The third-order valence-electron chi connectivity index (χ3n) is 5.15. The molecule has 1 heterocycles. The minimum absolute atomic E-state index is 0. The van der Waals surface area contributed by atoms with Gasteiger partial charge in [-0.2, -0.15) is 0 Å². The van der Waals surface area contributed by atoms with Crippen molar-refractivity contribution in [1.29, 1.82) is 0 Å². The zero-order chi connectivity index (χ0) is 22.6. The largest absolute Gasteiger partial charge is 0.494 e. The summed E-state index contributed by atoms with van der Waals surface area (Å²) in [6.07, 6.45) is 2.30. The molecular weight excluding hydrogens is 541 g/mol. The average Bonchev–Trinajstić information content (AvgIpc) is 3.06. The number of nitrogens with one attached hydrogen (secondary N) is 2. The van der Waals surface area contributed by atoms with Crippen molar-refractivity contribution in [1.82, 2.24) is 10.6 Å². The van der Waals surface area contributed by atoms with Gasteiger partial charge in [0.1, 0.15) is 17.6 Å². The van der Waals surface area contributed by atoms with Crippen LogP contribution in [0.5, 0.6) is 11.5 Å². The molecule has 32 heavy (non-hydrogen) atoms. The molecule has 0 aromatic heterocycles. The smallest absolute Gasteiger partial charge is 0.191 e. The fraction of sp³-hybridized carbons (Fsp3) is 0.435. The predicted molar refractivity (Wildman–Crippen MR) is 138 cm³/mol. The van der Waals surface area contributed by atoms with E-state index in [-0.39, 0.29) is 30.1 Å². The summed E-state index contributed by atoms with van der Waals surface area (Å²) >= 11 is 0. The maximum absolute atomic E-state index is 11.8. The molecule has 0 saturated heterocycles. The van der Waals surface area contributed by atoms with Gasteiger partial charge in [0.25, 0.3) is 0 Å². The van der Waals surface area contributed by atoms with E-state index in [2.05, 4.69) is 28.6 Å². The summed E-state index contributed by atoms with van der Waals surface area (Å²) in [6.45, 7) is 7.49. The second kappa shape index (κ2) is 11.2. The van der Waals surface area contributed by atoms with Crippen LogP contribution in [0.25, 0.3) is 0 Å². The van der Waals surface area contributed by atoms with Crippen molar-refractivity contribution in [3.63, 3.8) is 0 Å². The Hall–Kier alpha value is -2.01. The van der Waals surface area contributed by atoms with Crippen molar-refractivity contribution in [2.75, 3.05) is 19.9 Å². The highest BCUT2D eigenvalue weighted by molar-refractivity contribution is 14.0. The molecule has 0 aliphatic carbocycles. The van der Waals surface area contributed by atoms with Crippen molar-refractivity contribution < 1.29 is 17.9 Å². The number of halogens is 1. The van der Waals surface area contributed by atoms with Gasteiger partial charge in [-0.15, -0.1) is 24.0 Å². The van der Waals surface area contributed by atoms with Gasteiger partial charge >= 0.3 is 0 Å². The third kappa shape index (κ3) is 6.50. The molecule has 0 saturated carbocycles. The second-order valence-electron chi connectivity index (χ2n) is 7.78. The first-order valence-corrected chi connectivity index (χ1v) is 12.3. The van der Waals surface area contributed by atoms with E-state index in [4.69, 9.17) is 9.47 Å². The van der Waals surface area contributed by atoms with Crippen LogP contribution < -0.4 is 20.1 Å². The van der Waals surface area contributed by atoms with Crippen molar-refractivity contribution in [2.45, 2.75) is 51.3 Å². The summed E-state index contributed by atoms with van der Waals surface area (Å²) in [5, 5.41) is 6.58. The molecule has 9 heteroatoms. The first kappa shape index (κ1) is 26.2. The van der Waals surface area contributed by atoms with Gasteiger partial charge in [-0.25, -0.2) is 8.42 Å². The standard InChI is InChI=1S/C23H31N3O4S.HI/c1-6-29-20-11-18-10-16(3)30-21(18)12-19(20)14-26-23(24-4)25-13-17-7-8-22(15(2)9-17)31(5,27)28;/h7-9,11-12,16H,6,10,13-14H2,1-5H3,(H2,24,25,26);1H. The molecule has 0 radical (unpaired) electrons. The Kier molecular flexibility index (Phi) is 9.20. The van der Waals surface area contributed by atoms with E-state index in [0.717, 1.165) is 34.6 Å². The van der Waals surface area contributed by atoms with E-state index in [9.17, 15) is 8.42 Å². The highest BCUT2D eigenvalue weighted by Gasteiger charge is 2.22. The first-order chi connectivity index (χ1) is 14.7. The number of nitrogens with zero attached hydrogens (tertiary/aromatic N) is 1. The van der Waals surface area contributed by atoms with Gasteiger partial charge in [-0.3, -0.25) is 4.99 Å². The van der Waals surface area contributed by atoms with Crippen LogP contribution in [-0.2, 0) is 29.3 Å². The van der Waals surface area contributed by atoms with Crippen LogP contribution in [0, 0.1) is 6.92 Å². The van der Waals surface area contributed by atoms with Gasteiger partial charge in [0, 0.05) is 43.9 Å². The number of rotatable bonds is 7. The number of hydrogen-bond acceptors (Lipinski definition) is 5. The third-order valence-corrected chi connectivity index (χ3v) is 6.40. The van der Waals surface area contributed by atoms with Crippen LogP contribution in [0.4, 0.5) is 0 Å². The van der Waals surface area contributed by atoms with Crippen LogP contribution in [0.15, 0.2) is 40.2 Å². The number of ether oxygens (including phenoxy) is 2. The molecule has 0 bridgehead atoms. The number of fused-ring (bicyclic) bond motifs is 1. The Morgan fingerprint density at radius 3 is 2.56 bits per heavy atom. The van der Waals surface area contributed by atoms with Crippen molar-refractivity contribution in [2.24, 2.45) is 4.99 Å². The summed E-state index contributed by atoms with van der Waals surface area (Å²) < 4.78 is 35.3. The molecule has 2 aromatic carbocycles. The minimum Gasteiger partial charge on any atom is -0.494 e. The van der Waals surface area contributed by atoms with Crippen molar-refractivity contribution in [3.8, 4) is 11.5 Å². The van der Waals surface area contributed by atoms with E-state index in [1.54, 1.807) is 20.0 Å². The van der Waals surface area contributed by atoms with Crippen LogP contribution >= 0.6 is 24.0 Å². The average molecular weight is 573 g/mol.